The number of thioether (sulfide) groups is 1. The summed E-state index contributed by atoms with van der Waals surface area (Å²) in [6, 6.07) is 8.30. The van der Waals surface area contributed by atoms with Crippen molar-refractivity contribution in [2.75, 3.05) is 0 Å². The Balaban J connectivity index is 2.00. The molecule has 1 aromatic carbocycles. The summed E-state index contributed by atoms with van der Waals surface area (Å²) in [5.74, 6) is 1.52. The van der Waals surface area contributed by atoms with Crippen LogP contribution < -0.4 is 0 Å². The lowest BCUT2D eigenvalue weighted by molar-refractivity contribution is 0.885. The minimum Gasteiger partial charge on any atom is -0.248 e. The first-order valence-corrected chi connectivity index (χ1v) is 8.08. The highest BCUT2D eigenvalue weighted by molar-refractivity contribution is 9.10. The van der Waals surface area contributed by atoms with Gasteiger partial charge in [0.2, 0.25) is 0 Å². The van der Waals surface area contributed by atoms with Crippen molar-refractivity contribution < 1.29 is 0 Å². The fraction of sp³-hybridized carbons (Fsp3) is 0.308. The molecule has 90 valence electrons. The maximum absolute atomic E-state index is 4.46. The third-order valence-corrected chi connectivity index (χ3v) is 5.85. The van der Waals surface area contributed by atoms with Gasteiger partial charge >= 0.3 is 0 Å². The van der Waals surface area contributed by atoms with E-state index in [1.165, 1.54) is 14.8 Å². The van der Waals surface area contributed by atoms with E-state index < -0.39 is 0 Å². The molecule has 0 aliphatic rings. The highest BCUT2D eigenvalue weighted by Gasteiger charge is 2.06. The molecule has 1 nitrogen and oxygen atoms in total. The van der Waals surface area contributed by atoms with Gasteiger partial charge in [-0.1, -0.05) is 26.0 Å². The second-order valence-electron chi connectivity index (χ2n) is 4.03. The average molecular weight is 328 g/mol. The van der Waals surface area contributed by atoms with E-state index in [-0.39, 0.29) is 0 Å². The van der Waals surface area contributed by atoms with Crippen molar-refractivity contribution in [3.8, 4) is 0 Å². The van der Waals surface area contributed by atoms with Gasteiger partial charge in [0.15, 0.2) is 0 Å². The van der Waals surface area contributed by atoms with E-state index in [1.54, 1.807) is 0 Å². The summed E-state index contributed by atoms with van der Waals surface area (Å²) in [4.78, 5) is 7.10. The van der Waals surface area contributed by atoms with E-state index in [1.807, 2.05) is 35.4 Å². The molecule has 0 bridgehead atoms. The predicted molar refractivity (Wildman–Crippen MR) is 79.9 cm³/mol. The Morgan fingerprint density at radius 3 is 2.76 bits per heavy atom. The van der Waals surface area contributed by atoms with E-state index in [9.17, 15) is 0 Å². The lowest BCUT2D eigenvalue weighted by Gasteiger charge is -2.01. The van der Waals surface area contributed by atoms with Gasteiger partial charge in [0.25, 0.3) is 0 Å². The first kappa shape index (κ1) is 13.1. The number of benzene rings is 1. The molecule has 17 heavy (non-hydrogen) atoms. The van der Waals surface area contributed by atoms with Gasteiger partial charge in [-0.05, 0) is 34.0 Å². The monoisotopic (exact) mass is 327 g/mol. The molecule has 2 rings (SSSR count). The van der Waals surface area contributed by atoms with Crippen LogP contribution in [0.2, 0.25) is 0 Å². The molecule has 4 heteroatoms. The molecule has 0 unspecified atom stereocenters. The standard InChI is InChI=1S/C13H14BrNS2/c1-9(2)12-7-15-13(17-12)8-16-11-6-4-3-5-10(11)14/h3-7,9H,8H2,1-2H3. The lowest BCUT2D eigenvalue weighted by atomic mass is 10.2. The zero-order chi connectivity index (χ0) is 12.3. The molecule has 0 amide bonds. The Hall–Kier alpha value is -0.320. The van der Waals surface area contributed by atoms with Crippen molar-refractivity contribution in [1.29, 1.82) is 0 Å². The van der Waals surface area contributed by atoms with Crippen molar-refractivity contribution in [2.24, 2.45) is 0 Å². The second-order valence-corrected chi connectivity index (χ2v) is 7.05. The Morgan fingerprint density at radius 2 is 2.12 bits per heavy atom. The molecule has 1 heterocycles. The summed E-state index contributed by atoms with van der Waals surface area (Å²) < 4.78 is 1.16. The van der Waals surface area contributed by atoms with Crippen molar-refractivity contribution in [3.63, 3.8) is 0 Å². The topological polar surface area (TPSA) is 12.9 Å². The van der Waals surface area contributed by atoms with Gasteiger partial charge in [-0.25, -0.2) is 4.98 Å². The van der Waals surface area contributed by atoms with E-state index in [0.29, 0.717) is 5.92 Å². The summed E-state index contributed by atoms with van der Waals surface area (Å²) in [7, 11) is 0. The molecule has 0 atom stereocenters. The predicted octanol–water partition coefficient (Wildman–Crippen LogP) is 5.32. The minimum atomic E-state index is 0.578. The number of aromatic nitrogens is 1. The minimum absolute atomic E-state index is 0.578. The fourth-order valence-corrected chi connectivity index (χ4v) is 3.85. The largest absolute Gasteiger partial charge is 0.248 e. The number of halogens is 1. The number of hydrogen-bond acceptors (Lipinski definition) is 3. The third kappa shape index (κ3) is 3.57. The van der Waals surface area contributed by atoms with Crippen LogP contribution in [0.3, 0.4) is 0 Å². The summed E-state index contributed by atoms with van der Waals surface area (Å²) in [6.07, 6.45) is 2.01. The molecule has 0 spiro atoms. The first-order valence-electron chi connectivity index (χ1n) is 5.48. The summed E-state index contributed by atoms with van der Waals surface area (Å²) in [5.41, 5.74) is 0. The van der Waals surface area contributed by atoms with Gasteiger partial charge in [-0.2, -0.15) is 0 Å². The van der Waals surface area contributed by atoms with Crippen LogP contribution in [0.4, 0.5) is 0 Å². The van der Waals surface area contributed by atoms with Gasteiger partial charge in [-0.15, -0.1) is 23.1 Å². The van der Waals surface area contributed by atoms with Crippen LogP contribution in [-0.4, -0.2) is 4.98 Å². The highest BCUT2D eigenvalue weighted by Crippen LogP contribution is 2.31. The molecule has 0 N–H and O–H groups in total. The molecule has 1 aromatic heterocycles. The molecule has 0 saturated carbocycles. The van der Waals surface area contributed by atoms with Crippen LogP contribution in [0.5, 0.6) is 0 Å². The van der Waals surface area contributed by atoms with Crippen molar-refractivity contribution in [3.05, 3.63) is 44.8 Å². The summed E-state index contributed by atoms with van der Waals surface area (Å²) in [6.45, 7) is 4.41. The van der Waals surface area contributed by atoms with Gasteiger partial charge in [-0.3, -0.25) is 0 Å². The van der Waals surface area contributed by atoms with Crippen LogP contribution >= 0.6 is 39.0 Å². The average Bonchev–Trinajstić information content (AvgIpc) is 2.77. The van der Waals surface area contributed by atoms with E-state index >= 15 is 0 Å². The fourth-order valence-electron chi connectivity index (χ4n) is 1.36. The Bertz CT molecular complexity index is 494. The second kappa shape index (κ2) is 6.03. The number of nitrogens with zero attached hydrogens (tertiary/aromatic N) is 1. The van der Waals surface area contributed by atoms with Crippen LogP contribution in [0.1, 0.15) is 29.7 Å². The van der Waals surface area contributed by atoms with Crippen LogP contribution in [0.25, 0.3) is 0 Å². The molecule has 0 aliphatic carbocycles. The van der Waals surface area contributed by atoms with E-state index in [4.69, 9.17) is 0 Å². The molecule has 0 fully saturated rings. The molecular weight excluding hydrogens is 314 g/mol. The van der Waals surface area contributed by atoms with E-state index in [2.05, 4.69) is 53.0 Å². The van der Waals surface area contributed by atoms with E-state index in [0.717, 1.165) is 10.2 Å². The van der Waals surface area contributed by atoms with Gasteiger partial charge < -0.3 is 0 Å². The maximum Gasteiger partial charge on any atom is 0.103 e. The Kier molecular flexibility index (Phi) is 4.65. The summed E-state index contributed by atoms with van der Waals surface area (Å²) in [5, 5.41) is 1.20. The zero-order valence-electron chi connectivity index (χ0n) is 9.81. The first-order chi connectivity index (χ1) is 8.16. The molecule has 0 aliphatic heterocycles. The quantitative estimate of drug-likeness (QED) is 0.704. The SMILES string of the molecule is CC(C)c1cnc(CSc2ccccc2Br)s1. The highest BCUT2D eigenvalue weighted by atomic mass is 79.9. The zero-order valence-corrected chi connectivity index (χ0v) is 13.0. The van der Waals surface area contributed by atoms with Crippen molar-refractivity contribution >= 4 is 39.0 Å². The molecule has 0 saturated heterocycles. The van der Waals surface area contributed by atoms with Crippen LogP contribution in [0.15, 0.2) is 39.8 Å². The van der Waals surface area contributed by atoms with Crippen molar-refractivity contribution in [1.82, 2.24) is 4.98 Å². The molecule has 0 radical (unpaired) electrons. The Morgan fingerprint density at radius 1 is 1.35 bits per heavy atom. The van der Waals surface area contributed by atoms with Gasteiger partial charge in [0.1, 0.15) is 5.01 Å². The Labute approximate surface area is 119 Å². The van der Waals surface area contributed by atoms with Crippen molar-refractivity contribution in [2.45, 2.75) is 30.4 Å². The number of thiazole rings is 1. The maximum atomic E-state index is 4.46. The summed E-state index contributed by atoms with van der Waals surface area (Å²) >= 11 is 7.21. The van der Waals surface area contributed by atoms with Crippen LogP contribution in [-0.2, 0) is 5.75 Å². The number of rotatable bonds is 4. The normalized spacial score (nSPS) is 11.1. The van der Waals surface area contributed by atoms with Crippen LogP contribution in [0, 0.1) is 0 Å². The molecule has 2 aromatic rings. The molecular formula is C13H14BrNS2. The lowest BCUT2D eigenvalue weighted by Crippen LogP contribution is -1.78. The number of hydrogen-bond donors (Lipinski definition) is 0. The third-order valence-electron chi connectivity index (χ3n) is 2.33. The smallest absolute Gasteiger partial charge is 0.103 e. The van der Waals surface area contributed by atoms with Gasteiger partial charge in [0, 0.05) is 20.4 Å². The van der Waals surface area contributed by atoms with Gasteiger partial charge in [0.05, 0.1) is 5.75 Å².